The molecule has 0 aliphatic carbocycles. The van der Waals surface area contributed by atoms with Crippen molar-refractivity contribution in [1.29, 1.82) is 0 Å². The summed E-state index contributed by atoms with van der Waals surface area (Å²) in [6, 6.07) is 5.48. The topological polar surface area (TPSA) is 70.1 Å². The van der Waals surface area contributed by atoms with Crippen molar-refractivity contribution in [2.45, 2.75) is 49.1 Å². The number of halogens is 2. The third-order valence-electron chi connectivity index (χ3n) is 3.72. The second-order valence-electron chi connectivity index (χ2n) is 6.25. The molecule has 0 unspecified atom stereocenters. The van der Waals surface area contributed by atoms with E-state index in [9.17, 15) is 4.79 Å². The summed E-state index contributed by atoms with van der Waals surface area (Å²) in [5.74, 6) is 1.16. The number of ether oxygens (including phenoxy) is 1. The number of nitrogens with two attached hydrogens (primary N) is 1. The molecule has 0 aliphatic rings. The van der Waals surface area contributed by atoms with Gasteiger partial charge in [-0.05, 0) is 30.5 Å². The van der Waals surface area contributed by atoms with Gasteiger partial charge >= 0.3 is 6.09 Å². The maximum atomic E-state index is 10.7. The highest BCUT2D eigenvalue weighted by molar-refractivity contribution is 7.99. The molecule has 0 saturated heterocycles. The largest absolute Gasteiger partial charge is 0.450 e. The first-order chi connectivity index (χ1) is 12.8. The molecule has 2 N–H and O–H groups in total. The van der Waals surface area contributed by atoms with Gasteiger partial charge in [0.05, 0.1) is 12.3 Å². The Balaban J connectivity index is 2.34. The Morgan fingerprint density at radius 1 is 1.37 bits per heavy atom. The standard InChI is InChI=1S/C19H23Cl2N3O2S/c1-4-7-24-16(6-5-8-26-19(22)25)23-17(12(2)3)18(24)27-15-10-13(20)9-14(21)11-15/h4,9-12H,1,5-8H2,2-3H3,(H2,22,25). The molecule has 0 radical (unpaired) electrons. The van der Waals surface area contributed by atoms with E-state index in [2.05, 4.69) is 25.0 Å². The predicted molar refractivity (Wildman–Crippen MR) is 111 cm³/mol. The fraction of sp³-hybridized carbons (Fsp3) is 0.368. The zero-order chi connectivity index (χ0) is 20.0. The SMILES string of the molecule is C=CCn1c(CCCOC(N)=O)nc(C(C)C)c1Sc1cc(Cl)cc(Cl)c1. The van der Waals surface area contributed by atoms with Gasteiger partial charge in [-0.1, -0.05) is 54.9 Å². The van der Waals surface area contributed by atoms with E-state index in [0.29, 0.717) is 29.4 Å². The number of amides is 1. The number of aryl methyl sites for hydroxylation is 1. The number of nitrogens with zero attached hydrogens (tertiary/aromatic N) is 2. The Kier molecular flexibility index (Phi) is 8.07. The molecule has 0 atom stereocenters. The number of allylic oxidation sites excluding steroid dienone is 1. The van der Waals surface area contributed by atoms with E-state index in [1.807, 2.05) is 18.2 Å². The second-order valence-corrected chi connectivity index (χ2v) is 8.19. The van der Waals surface area contributed by atoms with Crippen molar-refractivity contribution in [3.8, 4) is 0 Å². The summed E-state index contributed by atoms with van der Waals surface area (Å²) in [5.41, 5.74) is 6.01. The molecule has 8 heteroatoms. The average Bonchev–Trinajstić information content (AvgIpc) is 2.89. The van der Waals surface area contributed by atoms with Gasteiger partial charge in [-0.3, -0.25) is 0 Å². The van der Waals surface area contributed by atoms with Crippen LogP contribution in [-0.4, -0.2) is 22.3 Å². The lowest BCUT2D eigenvalue weighted by Crippen LogP contribution is -2.14. The summed E-state index contributed by atoms with van der Waals surface area (Å²) >= 11 is 13.9. The monoisotopic (exact) mass is 427 g/mol. The van der Waals surface area contributed by atoms with Gasteiger partial charge in [0.15, 0.2) is 0 Å². The lowest BCUT2D eigenvalue weighted by Gasteiger charge is -2.12. The van der Waals surface area contributed by atoms with E-state index in [0.717, 1.165) is 21.4 Å². The Morgan fingerprint density at radius 2 is 2.04 bits per heavy atom. The van der Waals surface area contributed by atoms with Crippen molar-refractivity contribution in [3.05, 3.63) is 52.4 Å². The number of benzene rings is 1. The Morgan fingerprint density at radius 3 is 2.59 bits per heavy atom. The third kappa shape index (κ3) is 6.19. The molecule has 146 valence electrons. The van der Waals surface area contributed by atoms with Gasteiger partial charge in [0.1, 0.15) is 10.9 Å². The normalized spacial score (nSPS) is 11.0. The van der Waals surface area contributed by atoms with Gasteiger partial charge in [-0.2, -0.15) is 0 Å². The maximum Gasteiger partial charge on any atom is 0.404 e. The molecule has 0 bridgehead atoms. The summed E-state index contributed by atoms with van der Waals surface area (Å²) in [6.07, 6.45) is 2.38. The highest BCUT2D eigenvalue weighted by Gasteiger charge is 2.20. The van der Waals surface area contributed by atoms with Gasteiger partial charge in [0, 0.05) is 27.9 Å². The van der Waals surface area contributed by atoms with Gasteiger partial charge in [0.2, 0.25) is 0 Å². The van der Waals surface area contributed by atoms with Crippen molar-refractivity contribution in [1.82, 2.24) is 9.55 Å². The van der Waals surface area contributed by atoms with Crippen LogP contribution in [0.2, 0.25) is 10.0 Å². The molecule has 5 nitrogen and oxygen atoms in total. The fourth-order valence-corrected chi connectivity index (χ4v) is 4.52. The van der Waals surface area contributed by atoms with Crippen LogP contribution >= 0.6 is 35.0 Å². The number of rotatable bonds is 9. The lowest BCUT2D eigenvalue weighted by molar-refractivity contribution is 0.155. The van der Waals surface area contributed by atoms with Crippen molar-refractivity contribution in [3.63, 3.8) is 0 Å². The first kappa shape index (κ1) is 21.7. The Bertz CT molecular complexity index is 801. The van der Waals surface area contributed by atoms with Crippen LogP contribution in [0.1, 0.15) is 37.7 Å². The quantitative estimate of drug-likeness (QED) is 0.412. The molecule has 2 rings (SSSR count). The van der Waals surface area contributed by atoms with Gasteiger partial charge in [0.25, 0.3) is 0 Å². The van der Waals surface area contributed by atoms with E-state index in [1.54, 1.807) is 17.8 Å². The summed E-state index contributed by atoms with van der Waals surface area (Å²) in [5, 5.41) is 2.22. The van der Waals surface area contributed by atoms with E-state index >= 15 is 0 Å². The summed E-state index contributed by atoms with van der Waals surface area (Å²) in [4.78, 5) is 16.5. The van der Waals surface area contributed by atoms with Crippen molar-refractivity contribution in [2.24, 2.45) is 5.73 Å². The highest BCUT2D eigenvalue weighted by atomic mass is 35.5. The van der Waals surface area contributed by atoms with Gasteiger partial charge in [-0.25, -0.2) is 9.78 Å². The van der Waals surface area contributed by atoms with E-state index in [-0.39, 0.29) is 12.5 Å². The van der Waals surface area contributed by atoms with Crippen LogP contribution in [0.15, 0.2) is 40.8 Å². The molecule has 1 aromatic carbocycles. The Hall–Kier alpha value is -1.63. The molecule has 1 aromatic heterocycles. The van der Waals surface area contributed by atoms with Crippen LogP contribution in [0.4, 0.5) is 4.79 Å². The number of carbonyl (C=O) groups excluding carboxylic acids is 1. The molecule has 27 heavy (non-hydrogen) atoms. The molecule has 0 spiro atoms. The molecule has 0 saturated carbocycles. The predicted octanol–water partition coefficient (Wildman–Crippen LogP) is 5.68. The third-order valence-corrected chi connectivity index (χ3v) is 5.25. The van der Waals surface area contributed by atoms with Crippen molar-refractivity contribution < 1.29 is 9.53 Å². The molecule has 0 fully saturated rings. The van der Waals surface area contributed by atoms with Crippen LogP contribution in [0.3, 0.4) is 0 Å². The van der Waals surface area contributed by atoms with E-state index in [4.69, 9.17) is 38.7 Å². The van der Waals surface area contributed by atoms with Crippen LogP contribution in [0, 0.1) is 0 Å². The Labute approximate surface area is 173 Å². The molecule has 0 aliphatic heterocycles. The summed E-state index contributed by atoms with van der Waals surface area (Å²) in [6.45, 7) is 8.97. The smallest absolute Gasteiger partial charge is 0.404 e. The van der Waals surface area contributed by atoms with Crippen molar-refractivity contribution in [2.75, 3.05) is 6.61 Å². The minimum Gasteiger partial charge on any atom is -0.450 e. The molecular weight excluding hydrogens is 405 g/mol. The summed E-state index contributed by atoms with van der Waals surface area (Å²) < 4.78 is 6.95. The number of imidazole rings is 1. The average molecular weight is 428 g/mol. The zero-order valence-electron chi connectivity index (χ0n) is 15.4. The second kappa shape index (κ2) is 10.1. The molecule has 1 heterocycles. The van der Waals surface area contributed by atoms with Crippen LogP contribution < -0.4 is 5.73 Å². The molecular formula is C19H23Cl2N3O2S. The van der Waals surface area contributed by atoms with E-state index < -0.39 is 6.09 Å². The number of hydrogen-bond acceptors (Lipinski definition) is 4. The number of aromatic nitrogens is 2. The van der Waals surface area contributed by atoms with Crippen LogP contribution in [-0.2, 0) is 17.7 Å². The molecule has 1 amide bonds. The zero-order valence-corrected chi connectivity index (χ0v) is 17.7. The van der Waals surface area contributed by atoms with Crippen molar-refractivity contribution >= 4 is 41.1 Å². The van der Waals surface area contributed by atoms with Crippen LogP contribution in [0.25, 0.3) is 0 Å². The summed E-state index contributed by atoms with van der Waals surface area (Å²) in [7, 11) is 0. The molecule has 2 aromatic rings. The highest BCUT2D eigenvalue weighted by Crippen LogP contribution is 2.37. The van der Waals surface area contributed by atoms with Gasteiger partial charge in [-0.15, -0.1) is 6.58 Å². The van der Waals surface area contributed by atoms with E-state index in [1.165, 1.54) is 0 Å². The fourth-order valence-electron chi connectivity index (χ4n) is 2.60. The maximum absolute atomic E-state index is 10.7. The van der Waals surface area contributed by atoms with Gasteiger partial charge < -0.3 is 15.0 Å². The number of carbonyl (C=O) groups is 1. The lowest BCUT2D eigenvalue weighted by atomic mass is 10.1. The number of primary amides is 1. The first-order valence-electron chi connectivity index (χ1n) is 8.58. The minimum atomic E-state index is -0.763. The van der Waals surface area contributed by atoms with Crippen LogP contribution in [0.5, 0.6) is 0 Å². The number of hydrogen-bond donors (Lipinski definition) is 1. The first-order valence-corrected chi connectivity index (χ1v) is 10.2. The minimum absolute atomic E-state index is 0.244.